The molecule has 0 spiro atoms. The van der Waals surface area contributed by atoms with Gasteiger partial charge in [0, 0.05) is 12.5 Å². The van der Waals surface area contributed by atoms with Gasteiger partial charge in [-0.1, -0.05) is 55.0 Å². The molecule has 0 saturated carbocycles. The molecule has 26 heavy (non-hydrogen) atoms. The monoisotopic (exact) mass is 351 g/mol. The summed E-state index contributed by atoms with van der Waals surface area (Å²) in [5, 5.41) is 21.5. The summed E-state index contributed by atoms with van der Waals surface area (Å²) in [6.45, 7) is 6.88. The summed E-state index contributed by atoms with van der Waals surface area (Å²) in [6.07, 6.45) is 5.99. The highest BCUT2D eigenvalue weighted by Gasteiger charge is 2.39. The second-order valence-electron chi connectivity index (χ2n) is 7.29. The third-order valence-electron chi connectivity index (χ3n) is 5.49. The normalized spacial score (nSPS) is 18.8. The number of aromatic hydroxyl groups is 1. The fraction of sp³-hybridized carbons (Fsp3) is 0.391. The molecule has 1 aliphatic rings. The summed E-state index contributed by atoms with van der Waals surface area (Å²) >= 11 is 0. The van der Waals surface area contributed by atoms with Crippen LogP contribution in [0.4, 0.5) is 0 Å². The quantitative estimate of drug-likeness (QED) is 0.726. The van der Waals surface area contributed by atoms with Crippen LogP contribution in [-0.4, -0.2) is 34.7 Å². The van der Waals surface area contributed by atoms with Gasteiger partial charge in [-0.3, -0.25) is 0 Å². The van der Waals surface area contributed by atoms with E-state index in [2.05, 4.69) is 23.6 Å². The van der Waals surface area contributed by atoms with Crippen LogP contribution in [0.1, 0.15) is 42.7 Å². The number of phenols is 1. The highest BCUT2D eigenvalue weighted by Crippen LogP contribution is 2.41. The number of phenolic OH excluding ortho intramolecular Hbond substituents is 1. The zero-order valence-electron chi connectivity index (χ0n) is 15.3. The molecule has 0 aliphatic carbocycles. The van der Waals surface area contributed by atoms with E-state index in [-0.39, 0.29) is 11.7 Å². The Balaban J connectivity index is 2.00. The lowest BCUT2D eigenvalue weighted by Crippen LogP contribution is -2.42. The Morgan fingerprint density at radius 1 is 1.00 bits per heavy atom. The van der Waals surface area contributed by atoms with Crippen molar-refractivity contribution in [1.82, 2.24) is 4.90 Å². The van der Waals surface area contributed by atoms with Gasteiger partial charge >= 0.3 is 0 Å². The molecule has 2 N–H and O–H groups in total. The van der Waals surface area contributed by atoms with Crippen LogP contribution in [0.5, 0.6) is 5.75 Å². The third kappa shape index (κ3) is 4.17. The highest BCUT2D eigenvalue weighted by atomic mass is 16.3. The van der Waals surface area contributed by atoms with Gasteiger partial charge in [-0.25, -0.2) is 0 Å². The van der Waals surface area contributed by atoms with Gasteiger partial charge in [-0.15, -0.1) is 6.58 Å². The maximum atomic E-state index is 11.8. The molecule has 0 bridgehead atoms. The van der Waals surface area contributed by atoms with Crippen molar-refractivity contribution >= 4 is 0 Å². The van der Waals surface area contributed by atoms with E-state index < -0.39 is 5.60 Å². The summed E-state index contributed by atoms with van der Waals surface area (Å²) in [5.74, 6) is 0.145. The summed E-state index contributed by atoms with van der Waals surface area (Å²) in [5.41, 5.74) is 0.894. The van der Waals surface area contributed by atoms with Gasteiger partial charge in [0.05, 0.1) is 0 Å². The number of benzene rings is 2. The summed E-state index contributed by atoms with van der Waals surface area (Å²) in [4.78, 5) is 2.47. The van der Waals surface area contributed by atoms with Gasteiger partial charge in [0.15, 0.2) is 0 Å². The topological polar surface area (TPSA) is 43.7 Å². The minimum atomic E-state index is -1.06. The van der Waals surface area contributed by atoms with E-state index in [4.69, 9.17) is 0 Å². The molecular formula is C23H29NO2. The molecule has 0 unspecified atom stereocenters. The Hall–Kier alpha value is -2.10. The van der Waals surface area contributed by atoms with Crippen LogP contribution in [0.25, 0.3) is 0 Å². The summed E-state index contributed by atoms with van der Waals surface area (Å²) < 4.78 is 0. The van der Waals surface area contributed by atoms with E-state index in [0.717, 1.165) is 30.8 Å². The number of hydrogen-bond donors (Lipinski definition) is 2. The van der Waals surface area contributed by atoms with Crippen LogP contribution in [-0.2, 0) is 5.60 Å². The highest BCUT2D eigenvalue weighted by molar-refractivity contribution is 5.35. The minimum absolute atomic E-state index is 0.0654. The van der Waals surface area contributed by atoms with E-state index in [1.54, 1.807) is 18.2 Å². The predicted octanol–water partition coefficient (Wildman–Crippen LogP) is 4.43. The minimum Gasteiger partial charge on any atom is -0.508 e. The molecule has 2 atom stereocenters. The van der Waals surface area contributed by atoms with Crippen molar-refractivity contribution in [3.63, 3.8) is 0 Å². The Labute approximate surface area is 156 Å². The molecule has 138 valence electrons. The van der Waals surface area contributed by atoms with Crippen molar-refractivity contribution in [2.24, 2.45) is 0 Å². The fourth-order valence-corrected chi connectivity index (χ4v) is 4.05. The number of nitrogens with zero attached hydrogens (tertiary/aromatic N) is 1. The maximum absolute atomic E-state index is 11.8. The second-order valence-corrected chi connectivity index (χ2v) is 7.29. The Bertz CT molecular complexity index is 692. The van der Waals surface area contributed by atoms with E-state index >= 15 is 0 Å². The fourth-order valence-electron chi connectivity index (χ4n) is 4.05. The van der Waals surface area contributed by atoms with Gasteiger partial charge in [-0.05, 0) is 55.6 Å². The van der Waals surface area contributed by atoms with Gasteiger partial charge in [0.1, 0.15) is 11.4 Å². The predicted molar refractivity (Wildman–Crippen MR) is 106 cm³/mol. The average Bonchev–Trinajstić information content (AvgIpc) is 2.68. The lowest BCUT2D eigenvalue weighted by Gasteiger charge is -2.40. The number of piperidine rings is 1. The zero-order chi connectivity index (χ0) is 18.4. The van der Waals surface area contributed by atoms with Crippen LogP contribution >= 0.6 is 0 Å². The van der Waals surface area contributed by atoms with Crippen molar-refractivity contribution in [3.8, 4) is 5.75 Å². The third-order valence-corrected chi connectivity index (χ3v) is 5.49. The first-order valence-corrected chi connectivity index (χ1v) is 9.53. The molecule has 1 fully saturated rings. The van der Waals surface area contributed by atoms with Crippen molar-refractivity contribution < 1.29 is 10.2 Å². The first-order valence-electron chi connectivity index (χ1n) is 9.53. The lowest BCUT2D eigenvalue weighted by molar-refractivity contribution is -0.00430. The lowest BCUT2D eigenvalue weighted by atomic mass is 9.74. The zero-order valence-corrected chi connectivity index (χ0v) is 15.3. The Morgan fingerprint density at radius 3 is 2.27 bits per heavy atom. The van der Waals surface area contributed by atoms with Crippen LogP contribution in [0.15, 0.2) is 67.3 Å². The average molecular weight is 351 g/mol. The van der Waals surface area contributed by atoms with Crippen LogP contribution in [0.2, 0.25) is 0 Å². The van der Waals surface area contributed by atoms with Gasteiger partial charge in [0.25, 0.3) is 0 Å². The van der Waals surface area contributed by atoms with E-state index in [9.17, 15) is 10.2 Å². The molecule has 2 aromatic rings. The molecular weight excluding hydrogens is 322 g/mol. The van der Waals surface area contributed by atoms with Crippen LogP contribution < -0.4 is 0 Å². The summed E-state index contributed by atoms with van der Waals surface area (Å²) in [6, 6.07) is 17.2. The number of likely N-dealkylation sites (tertiary alicyclic amines) is 1. The van der Waals surface area contributed by atoms with Crippen LogP contribution in [0, 0.1) is 0 Å². The molecule has 3 nitrogen and oxygen atoms in total. The smallest absolute Gasteiger partial charge is 0.115 e. The second kappa shape index (κ2) is 8.52. The molecule has 0 amide bonds. The molecule has 3 rings (SSSR count). The number of aliphatic hydroxyl groups is 1. The van der Waals surface area contributed by atoms with Crippen molar-refractivity contribution in [2.75, 3.05) is 19.6 Å². The number of rotatable bonds is 7. The largest absolute Gasteiger partial charge is 0.508 e. The Morgan fingerprint density at radius 2 is 1.65 bits per heavy atom. The van der Waals surface area contributed by atoms with Crippen molar-refractivity contribution in [2.45, 2.75) is 37.2 Å². The van der Waals surface area contributed by atoms with Crippen LogP contribution in [0.3, 0.4) is 0 Å². The van der Waals surface area contributed by atoms with E-state index in [1.165, 1.54) is 19.3 Å². The van der Waals surface area contributed by atoms with Crippen molar-refractivity contribution in [3.05, 3.63) is 78.4 Å². The maximum Gasteiger partial charge on any atom is 0.115 e. The molecule has 1 saturated heterocycles. The molecule has 2 aromatic carbocycles. The molecule has 0 aromatic heterocycles. The Kier molecular flexibility index (Phi) is 6.12. The van der Waals surface area contributed by atoms with E-state index in [0.29, 0.717) is 6.42 Å². The first-order chi connectivity index (χ1) is 12.6. The first kappa shape index (κ1) is 18.7. The number of hydrogen-bond acceptors (Lipinski definition) is 3. The van der Waals surface area contributed by atoms with Gasteiger partial charge in [-0.2, -0.15) is 0 Å². The standard InChI is InChI=1S/C23H29NO2/c1-2-15-23(26,20-11-13-21(25)14-12-20)22(19-9-5-3-6-10-19)18-24-16-7-4-8-17-24/h2-3,5-6,9-14,22,25-26H,1,4,7-8,15-18H2/t22-,23+/m1/s1. The molecule has 1 heterocycles. The summed E-state index contributed by atoms with van der Waals surface area (Å²) in [7, 11) is 0. The van der Waals surface area contributed by atoms with Crippen molar-refractivity contribution in [1.29, 1.82) is 0 Å². The van der Waals surface area contributed by atoms with E-state index in [1.807, 2.05) is 30.3 Å². The SMILES string of the molecule is C=CC[C@](O)(c1ccc(O)cc1)[C@H](CN1CCCCC1)c1ccccc1. The van der Waals surface area contributed by atoms with Gasteiger partial charge < -0.3 is 15.1 Å². The molecule has 3 heteroatoms. The van der Waals surface area contributed by atoms with Gasteiger partial charge in [0.2, 0.25) is 0 Å². The molecule has 1 aliphatic heterocycles. The molecule has 0 radical (unpaired) electrons.